The highest BCUT2D eigenvalue weighted by atomic mass is 32.2. The van der Waals surface area contributed by atoms with Crippen molar-refractivity contribution in [1.29, 1.82) is 0 Å². The van der Waals surface area contributed by atoms with Crippen LogP contribution in [-0.4, -0.2) is 58.6 Å². The van der Waals surface area contributed by atoms with Crippen LogP contribution in [0.4, 0.5) is 5.69 Å². The average Bonchev–Trinajstić information content (AvgIpc) is 3.10. The number of sulfone groups is 1. The fraction of sp³-hybridized carbons (Fsp3) is 0.500. The molecule has 1 amide bonds. The fourth-order valence-electron chi connectivity index (χ4n) is 3.20. The van der Waals surface area contributed by atoms with Gasteiger partial charge in [-0.25, -0.2) is 13.1 Å². The first-order chi connectivity index (χ1) is 12.4. The topological polar surface area (TPSA) is 119 Å². The van der Waals surface area contributed by atoms with E-state index in [1.165, 1.54) is 0 Å². The molecule has 1 aliphatic rings. The van der Waals surface area contributed by atoms with Crippen LogP contribution in [0.3, 0.4) is 0 Å². The lowest BCUT2D eigenvalue weighted by molar-refractivity contribution is -0.119. The number of anilines is 1. The maximum atomic E-state index is 12.9. The lowest BCUT2D eigenvalue weighted by Crippen LogP contribution is -2.55. The Morgan fingerprint density at radius 1 is 1.35 bits per heavy atom. The summed E-state index contributed by atoms with van der Waals surface area (Å²) in [6.45, 7) is 3.53. The molecule has 2 heterocycles. The lowest BCUT2D eigenvalue weighted by Gasteiger charge is -2.34. The van der Waals surface area contributed by atoms with Crippen molar-refractivity contribution in [3.8, 4) is 11.4 Å². The maximum absolute atomic E-state index is 12.9. The summed E-state index contributed by atoms with van der Waals surface area (Å²) in [4.78, 5) is 12.9. The van der Waals surface area contributed by atoms with Crippen LogP contribution >= 0.6 is 0 Å². The number of rotatable bonds is 5. The maximum Gasteiger partial charge on any atom is 0.245 e. The summed E-state index contributed by atoms with van der Waals surface area (Å²) in [6.07, 6.45) is 1.64. The van der Waals surface area contributed by atoms with E-state index in [-0.39, 0.29) is 12.8 Å². The van der Waals surface area contributed by atoms with Crippen LogP contribution in [0.1, 0.15) is 19.8 Å². The number of benzene rings is 1. The normalized spacial score (nSPS) is 17.0. The highest BCUT2D eigenvalue weighted by molar-refractivity contribution is 7.92. The van der Waals surface area contributed by atoms with Crippen LogP contribution in [0.5, 0.6) is 0 Å². The lowest BCUT2D eigenvalue weighted by atomic mass is 9.95. The Hall–Kier alpha value is -2.33. The van der Waals surface area contributed by atoms with Crippen LogP contribution < -0.4 is 10.6 Å². The van der Waals surface area contributed by atoms with Crippen molar-refractivity contribution in [3.63, 3.8) is 0 Å². The van der Waals surface area contributed by atoms with Gasteiger partial charge in [0.05, 0.1) is 0 Å². The number of hydrogen-bond donors (Lipinski definition) is 2. The zero-order chi connectivity index (χ0) is 18.8. The van der Waals surface area contributed by atoms with E-state index in [4.69, 9.17) is 0 Å². The summed E-state index contributed by atoms with van der Waals surface area (Å²) >= 11 is 0. The summed E-state index contributed by atoms with van der Waals surface area (Å²) in [5.41, 5.74) is 1.26. The van der Waals surface area contributed by atoms with E-state index < -0.39 is 20.5 Å². The van der Waals surface area contributed by atoms with Crippen LogP contribution in [0.15, 0.2) is 24.3 Å². The summed E-state index contributed by atoms with van der Waals surface area (Å²) in [7, 11) is -3.56. The highest BCUT2D eigenvalue weighted by Crippen LogP contribution is 2.30. The van der Waals surface area contributed by atoms with E-state index in [2.05, 4.69) is 26.2 Å². The molecule has 140 valence electrons. The molecule has 2 aromatic rings. The van der Waals surface area contributed by atoms with Crippen LogP contribution in [0.25, 0.3) is 11.4 Å². The monoisotopic (exact) mass is 378 g/mol. The van der Waals surface area contributed by atoms with Gasteiger partial charge in [0.1, 0.15) is 0 Å². The molecule has 0 unspecified atom stereocenters. The molecule has 10 heteroatoms. The number of aromatic nitrogens is 4. The Morgan fingerprint density at radius 2 is 2.08 bits per heavy atom. The van der Waals surface area contributed by atoms with Gasteiger partial charge in [0.25, 0.3) is 0 Å². The molecule has 9 nitrogen and oxygen atoms in total. The molecular formula is C16H22N6O3S. The second kappa shape index (κ2) is 7.12. The number of carbonyl (C=O) groups excluding carboxylic acids is 1. The first kappa shape index (κ1) is 18.5. The van der Waals surface area contributed by atoms with Crippen molar-refractivity contribution in [3.05, 3.63) is 24.3 Å². The van der Waals surface area contributed by atoms with Gasteiger partial charge in [-0.3, -0.25) is 4.79 Å². The average molecular weight is 378 g/mol. The molecule has 0 saturated carbocycles. The van der Waals surface area contributed by atoms with Crippen molar-refractivity contribution < 1.29 is 13.2 Å². The number of nitrogens with zero attached hydrogens (tertiary/aromatic N) is 4. The number of nitrogens with one attached hydrogen (secondary N) is 2. The van der Waals surface area contributed by atoms with Crippen LogP contribution in [0.2, 0.25) is 0 Å². The Morgan fingerprint density at radius 3 is 2.73 bits per heavy atom. The van der Waals surface area contributed by atoms with Crippen LogP contribution in [0, 0.1) is 0 Å². The molecule has 3 rings (SSSR count). The first-order valence-corrected chi connectivity index (χ1v) is 10.3. The summed E-state index contributed by atoms with van der Waals surface area (Å²) in [5, 5.41) is 17.4. The van der Waals surface area contributed by atoms with Crippen molar-refractivity contribution in [2.24, 2.45) is 0 Å². The van der Waals surface area contributed by atoms with E-state index in [0.717, 1.165) is 11.8 Å². The van der Waals surface area contributed by atoms with E-state index in [1.807, 2.05) is 13.0 Å². The third-order valence-electron chi connectivity index (χ3n) is 4.74. The van der Waals surface area contributed by atoms with Crippen molar-refractivity contribution >= 4 is 21.4 Å². The van der Waals surface area contributed by atoms with Gasteiger partial charge in [0.15, 0.2) is 20.4 Å². The summed E-state index contributed by atoms with van der Waals surface area (Å²) in [5.74, 6) is 0.0945. The van der Waals surface area contributed by atoms with Crippen molar-refractivity contribution in [2.45, 2.75) is 31.1 Å². The largest absolute Gasteiger partial charge is 0.325 e. The van der Waals surface area contributed by atoms with Crippen LogP contribution in [-0.2, 0) is 21.2 Å². The molecule has 0 atom stereocenters. The Bertz CT molecular complexity index is 902. The van der Waals surface area contributed by atoms with Gasteiger partial charge >= 0.3 is 0 Å². The zero-order valence-corrected chi connectivity index (χ0v) is 15.6. The van der Waals surface area contributed by atoms with Gasteiger partial charge in [0.2, 0.25) is 5.91 Å². The number of amides is 1. The molecular weight excluding hydrogens is 356 g/mol. The minimum Gasteiger partial charge on any atom is -0.325 e. The molecule has 1 aliphatic heterocycles. The number of piperidine rings is 1. The van der Waals surface area contributed by atoms with Crippen molar-refractivity contribution in [1.82, 2.24) is 25.5 Å². The fourth-order valence-corrected chi connectivity index (χ4v) is 4.54. The smallest absolute Gasteiger partial charge is 0.245 e. The molecule has 0 radical (unpaired) electrons. The van der Waals surface area contributed by atoms with Crippen molar-refractivity contribution in [2.75, 3.05) is 24.7 Å². The Labute approximate surface area is 152 Å². The summed E-state index contributed by atoms with van der Waals surface area (Å²) < 4.78 is 25.0. The SMILES string of the molecule is CCn1nnnc1-c1cccc(NC(=O)C2(S(C)(=O)=O)CCNCC2)c1. The molecule has 0 spiro atoms. The highest BCUT2D eigenvalue weighted by Gasteiger charge is 2.48. The van der Waals surface area contributed by atoms with Gasteiger partial charge < -0.3 is 10.6 Å². The molecule has 1 fully saturated rings. The van der Waals surface area contributed by atoms with E-state index in [1.54, 1.807) is 22.9 Å². The zero-order valence-electron chi connectivity index (χ0n) is 14.8. The predicted molar refractivity (Wildman–Crippen MR) is 97.2 cm³/mol. The Balaban J connectivity index is 1.89. The molecule has 2 N–H and O–H groups in total. The third-order valence-corrected chi connectivity index (χ3v) is 6.76. The number of carbonyl (C=O) groups is 1. The summed E-state index contributed by atoms with van der Waals surface area (Å²) in [6, 6.07) is 7.07. The van der Waals surface area contributed by atoms with Gasteiger partial charge in [-0.05, 0) is 55.4 Å². The quantitative estimate of drug-likeness (QED) is 0.776. The Kier molecular flexibility index (Phi) is 5.05. The molecule has 0 aliphatic carbocycles. The van der Waals surface area contributed by atoms with Gasteiger partial charge in [-0.1, -0.05) is 12.1 Å². The molecule has 26 heavy (non-hydrogen) atoms. The standard InChI is InChI=1S/C16H22N6O3S/c1-3-22-14(19-20-21-22)12-5-4-6-13(11-12)18-15(23)16(26(2,24)25)7-9-17-10-8-16/h4-6,11,17H,3,7-10H2,1-2H3,(H,18,23). The minimum atomic E-state index is -3.56. The first-order valence-electron chi connectivity index (χ1n) is 8.46. The van der Waals surface area contributed by atoms with Gasteiger partial charge in [-0.2, -0.15) is 0 Å². The van der Waals surface area contributed by atoms with E-state index >= 15 is 0 Å². The van der Waals surface area contributed by atoms with Gasteiger partial charge in [-0.15, -0.1) is 5.10 Å². The number of aryl methyl sites for hydroxylation is 1. The van der Waals surface area contributed by atoms with E-state index in [0.29, 0.717) is 31.1 Å². The number of hydrogen-bond acceptors (Lipinski definition) is 7. The molecule has 1 aromatic carbocycles. The second-order valence-electron chi connectivity index (χ2n) is 6.37. The minimum absolute atomic E-state index is 0.255. The van der Waals surface area contributed by atoms with Gasteiger partial charge in [0, 0.05) is 24.1 Å². The van der Waals surface area contributed by atoms with E-state index in [9.17, 15) is 13.2 Å². The second-order valence-corrected chi connectivity index (χ2v) is 8.70. The molecule has 1 saturated heterocycles. The third kappa shape index (κ3) is 3.34. The molecule has 0 bridgehead atoms. The predicted octanol–water partition coefficient (Wildman–Crippen LogP) is 0.465. The number of tetrazole rings is 1. The molecule has 1 aromatic heterocycles.